The zero-order valence-electron chi connectivity index (χ0n) is 22.5. The Labute approximate surface area is 243 Å². The minimum atomic E-state index is -1.96. The van der Waals surface area contributed by atoms with Crippen molar-refractivity contribution in [2.24, 2.45) is 0 Å². The van der Waals surface area contributed by atoms with Crippen LogP contribution in [0.5, 0.6) is 0 Å². The standard InChI is InChI=1S/C23H24GeN.C11H8N.Ir/c1-23(2)19-14-21(16-10-7-6-8-11-16)25-15-18(19)17-12-9-13-20(22(17)23)24(3,4)5;1-2-6-10(7-3-1)11-8-4-5-9-12-11;/h6-10,12-15H,1-5H3;1-6,8-9H;/q2*-1;. The fourth-order valence-electron chi connectivity index (χ4n) is 5.17. The summed E-state index contributed by atoms with van der Waals surface area (Å²) < 4.78 is 1.62. The predicted molar refractivity (Wildman–Crippen MR) is 158 cm³/mol. The molecule has 5 aromatic rings. The van der Waals surface area contributed by atoms with E-state index in [1.807, 2.05) is 60.7 Å². The summed E-state index contributed by atoms with van der Waals surface area (Å²) >= 11 is -1.96. The van der Waals surface area contributed by atoms with E-state index in [0.29, 0.717) is 0 Å². The zero-order valence-corrected chi connectivity index (χ0v) is 27.0. The second-order valence-corrected chi connectivity index (χ2v) is 21.6. The van der Waals surface area contributed by atoms with Crippen LogP contribution in [0.1, 0.15) is 25.0 Å². The van der Waals surface area contributed by atoms with Crippen LogP contribution in [-0.2, 0) is 25.5 Å². The average Bonchev–Trinajstić information content (AvgIpc) is 3.16. The number of pyridine rings is 2. The van der Waals surface area contributed by atoms with Crippen LogP contribution in [0.2, 0.25) is 17.3 Å². The van der Waals surface area contributed by atoms with Gasteiger partial charge in [-0.2, -0.15) is 0 Å². The molecule has 2 nitrogen and oxygen atoms in total. The molecule has 0 spiro atoms. The van der Waals surface area contributed by atoms with Crippen LogP contribution in [0, 0.1) is 12.1 Å². The van der Waals surface area contributed by atoms with Crippen molar-refractivity contribution in [3.05, 3.63) is 127 Å². The second kappa shape index (κ2) is 11.5. The molecule has 0 bridgehead atoms. The molecule has 193 valence electrons. The van der Waals surface area contributed by atoms with Gasteiger partial charge in [-0.15, -0.1) is 35.9 Å². The summed E-state index contributed by atoms with van der Waals surface area (Å²) in [5, 5.41) is 0. The van der Waals surface area contributed by atoms with Crippen LogP contribution in [0.25, 0.3) is 33.6 Å². The first-order valence-corrected chi connectivity index (χ1v) is 20.1. The molecule has 0 saturated carbocycles. The minimum absolute atomic E-state index is 0. The normalized spacial score (nSPS) is 12.9. The number of aromatic nitrogens is 2. The van der Waals surface area contributed by atoms with Gasteiger partial charge in [0.2, 0.25) is 0 Å². The van der Waals surface area contributed by atoms with Gasteiger partial charge in [0.15, 0.2) is 0 Å². The Hall–Kier alpha value is -2.85. The Bertz CT molecular complexity index is 1470. The van der Waals surface area contributed by atoms with E-state index in [1.165, 1.54) is 22.3 Å². The van der Waals surface area contributed by atoms with Crippen molar-refractivity contribution >= 4 is 17.7 Å². The number of hydrogen-bond acceptors (Lipinski definition) is 2. The molecule has 4 heteroatoms. The first-order valence-electron chi connectivity index (χ1n) is 12.8. The summed E-state index contributed by atoms with van der Waals surface area (Å²) in [4.78, 5) is 8.98. The van der Waals surface area contributed by atoms with Crippen LogP contribution in [-0.4, -0.2) is 23.2 Å². The third-order valence-electron chi connectivity index (χ3n) is 7.00. The van der Waals surface area contributed by atoms with Gasteiger partial charge < -0.3 is 4.98 Å². The summed E-state index contributed by atoms with van der Waals surface area (Å²) in [6.45, 7) is 4.74. The number of rotatable bonds is 3. The van der Waals surface area contributed by atoms with Gasteiger partial charge in [-0.05, 0) is 11.8 Å². The minimum Gasteiger partial charge on any atom is -0.305 e. The smallest absolute Gasteiger partial charge is 0.0160 e. The summed E-state index contributed by atoms with van der Waals surface area (Å²) in [5.74, 6) is 7.45. The molecule has 0 fully saturated rings. The zero-order chi connectivity index (χ0) is 26.0. The first-order chi connectivity index (χ1) is 17.8. The van der Waals surface area contributed by atoms with Gasteiger partial charge in [-0.25, -0.2) is 0 Å². The Morgan fingerprint density at radius 3 is 1.92 bits per heavy atom. The van der Waals surface area contributed by atoms with E-state index in [4.69, 9.17) is 4.98 Å². The average molecular weight is 733 g/mol. The summed E-state index contributed by atoms with van der Waals surface area (Å²) in [5.41, 5.74) is 9.72. The van der Waals surface area contributed by atoms with Gasteiger partial charge >= 0.3 is 153 Å². The molecule has 1 aliphatic rings. The maximum atomic E-state index is 4.76. The Kier molecular flexibility index (Phi) is 8.52. The quantitative estimate of drug-likeness (QED) is 0.139. The molecule has 0 unspecified atom stereocenters. The predicted octanol–water partition coefficient (Wildman–Crippen LogP) is 7.95. The maximum absolute atomic E-state index is 4.76. The third kappa shape index (κ3) is 5.61. The fraction of sp³-hybridized carbons (Fsp3) is 0.176. The monoisotopic (exact) mass is 735 g/mol. The van der Waals surface area contributed by atoms with Crippen molar-refractivity contribution in [3.8, 4) is 33.6 Å². The molecule has 1 aliphatic carbocycles. The second-order valence-electron chi connectivity index (χ2n) is 11.0. The molecule has 0 aliphatic heterocycles. The van der Waals surface area contributed by atoms with Gasteiger partial charge in [0.1, 0.15) is 0 Å². The SMILES string of the molecule is CC1(C)c2cc(-c3[c-]cccc3)ncc2-c2ccc[c]([Ge]([CH3])([CH3])[CH3])c21.[Ir].[c-]1ccccc1-c1ccccn1. The topological polar surface area (TPSA) is 25.8 Å². The molecule has 6 rings (SSSR count). The molecular weight excluding hydrogens is 701 g/mol. The molecule has 1 radical (unpaired) electrons. The van der Waals surface area contributed by atoms with Crippen LogP contribution in [0.3, 0.4) is 0 Å². The van der Waals surface area contributed by atoms with Crippen LogP contribution in [0.4, 0.5) is 0 Å². The van der Waals surface area contributed by atoms with E-state index in [9.17, 15) is 0 Å². The van der Waals surface area contributed by atoms with Gasteiger partial charge in [0.05, 0.1) is 0 Å². The van der Waals surface area contributed by atoms with Crippen molar-refractivity contribution in [3.63, 3.8) is 0 Å². The molecule has 38 heavy (non-hydrogen) atoms. The molecule has 0 amide bonds. The van der Waals surface area contributed by atoms with Crippen molar-refractivity contribution in [2.45, 2.75) is 36.5 Å². The number of hydrogen-bond donors (Lipinski definition) is 0. The number of fused-ring (bicyclic) bond motifs is 3. The number of nitrogens with zero attached hydrogens (tertiary/aromatic N) is 2. The molecule has 0 atom stereocenters. The van der Waals surface area contributed by atoms with Crippen LogP contribution in [0.15, 0.2) is 103 Å². The number of benzene rings is 3. The van der Waals surface area contributed by atoms with Gasteiger partial charge in [-0.1, -0.05) is 12.1 Å². The van der Waals surface area contributed by atoms with E-state index in [2.05, 4.69) is 84.8 Å². The van der Waals surface area contributed by atoms with Crippen molar-refractivity contribution in [1.82, 2.24) is 9.97 Å². The summed E-state index contributed by atoms with van der Waals surface area (Å²) in [6.07, 6.45) is 3.86. The summed E-state index contributed by atoms with van der Waals surface area (Å²) in [6, 6.07) is 37.4. The largest absolute Gasteiger partial charge is 0.305 e. The van der Waals surface area contributed by atoms with Crippen molar-refractivity contribution < 1.29 is 20.1 Å². The molecule has 3 aromatic carbocycles. The molecule has 2 aromatic heterocycles. The molecule has 0 saturated heterocycles. The molecular formula is C34H32GeIrN2-2. The first kappa shape index (κ1) is 28.2. The van der Waals surface area contributed by atoms with Gasteiger partial charge in [0, 0.05) is 26.3 Å². The van der Waals surface area contributed by atoms with E-state index >= 15 is 0 Å². The third-order valence-corrected chi connectivity index (χ3v) is 11.3. The molecule has 2 heterocycles. The van der Waals surface area contributed by atoms with Gasteiger partial charge in [-0.3, -0.25) is 0 Å². The Balaban J connectivity index is 0.000000218. The van der Waals surface area contributed by atoms with E-state index in [0.717, 1.165) is 22.5 Å². The van der Waals surface area contributed by atoms with Crippen molar-refractivity contribution in [2.75, 3.05) is 0 Å². The summed E-state index contributed by atoms with van der Waals surface area (Å²) in [7, 11) is 0. The van der Waals surface area contributed by atoms with E-state index < -0.39 is 13.3 Å². The van der Waals surface area contributed by atoms with Crippen molar-refractivity contribution in [1.29, 1.82) is 0 Å². The van der Waals surface area contributed by atoms with Crippen LogP contribution >= 0.6 is 0 Å². The maximum Gasteiger partial charge on any atom is 0.0160 e. The van der Waals surface area contributed by atoms with Gasteiger partial charge in [0.25, 0.3) is 0 Å². The van der Waals surface area contributed by atoms with Crippen LogP contribution < -0.4 is 4.40 Å². The Morgan fingerprint density at radius 1 is 0.684 bits per heavy atom. The Morgan fingerprint density at radius 2 is 1.34 bits per heavy atom. The van der Waals surface area contributed by atoms with E-state index in [-0.39, 0.29) is 25.5 Å². The fourth-order valence-corrected chi connectivity index (χ4v) is 8.93. The molecule has 0 N–H and O–H groups in total. The van der Waals surface area contributed by atoms with E-state index in [1.54, 1.807) is 10.6 Å².